The van der Waals surface area contributed by atoms with Crippen molar-refractivity contribution in [3.63, 3.8) is 0 Å². The van der Waals surface area contributed by atoms with Crippen LogP contribution in [0, 0.1) is 0 Å². The zero-order valence-corrected chi connectivity index (χ0v) is 11.7. The molecule has 0 bridgehead atoms. The average Bonchev–Trinajstić information content (AvgIpc) is 1.97. The third-order valence-electron chi connectivity index (χ3n) is 2.52. The van der Waals surface area contributed by atoms with Crippen molar-refractivity contribution in [3.8, 4) is 0 Å². The lowest BCUT2D eigenvalue weighted by molar-refractivity contribution is -0.163. The Bertz CT molecular complexity index is 330. The van der Waals surface area contributed by atoms with Gasteiger partial charge in [-0.2, -0.15) is 4.31 Å². The van der Waals surface area contributed by atoms with Crippen LogP contribution in [0.2, 0.25) is 0 Å². The maximum atomic E-state index is 12.0. The van der Waals surface area contributed by atoms with E-state index in [2.05, 4.69) is 0 Å². The number of rotatable bonds is 3. The Kier molecular flexibility index (Phi) is 3.72. The summed E-state index contributed by atoms with van der Waals surface area (Å²) >= 11 is 0. The SMILES string of the molecule is CCCS(=O)(=O)N1CC(C)(C)OC(C)(C)C1. The lowest BCUT2D eigenvalue weighted by Gasteiger charge is -2.46. The van der Waals surface area contributed by atoms with Gasteiger partial charge < -0.3 is 4.74 Å². The quantitative estimate of drug-likeness (QED) is 0.763. The molecule has 0 aromatic rings. The Morgan fingerprint density at radius 3 is 1.94 bits per heavy atom. The van der Waals surface area contributed by atoms with Crippen molar-refractivity contribution < 1.29 is 13.2 Å². The normalized spacial score (nSPS) is 25.6. The highest BCUT2D eigenvalue weighted by molar-refractivity contribution is 7.89. The lowest BCUT2D eigenvalue weighted by atomic mass is 10.0. The van der Waals surface area contributed by atoms with Crippen LogP contribution in [0.3, 0.4) is 0 Å². The number of ether oxygens (including phenoxy) is 1. The zero-order valence-electron chi connectivity index (χ0n) is 10.9. The minimum absolute atomic E-state index is 0.221. The fraction of sp³-hybridized carbons (Fsp3) is 1.00. The van der Waals surface area contributed by atoms with Gasteiger partial charge in [0.1, 0.15) is 0 Å². The molecule has 0 atom stereocenters. The third-order valence-corrected chi connectivity index (χ3v) is 4.49. The molecule has 0 saturated carbocycles. The van der Waals surface area contributed by atoms with Crippen molar-refractivity contribution >= 4 is 10.0 Å². The minimum atomic E-state index is -3.12. The summed E-state index contributed by atoms with van der Waals surface area (Å²) in [5, 5.41) is 0. The largest absolute Gasteiger partial charge is 0.367 e. The van der Waals surface area contributed by atoms with Gasteiger partial charge in [0.15, 0.2) is 0 Å². The van der Waals surface area contributed by atoms with Crippen LogP contribution in [0.4, 0.5) is 0 Å². The molecule has 96 valence electrons. The van der Waals surface area contributed by atoms with Crippen LogP contribution in [0.5, 0.6) is 0 Å². The Hall–Kier alpha value is -0.130. The molecule has 4 nitrogen and oxygen atoms in total. The summed E-state index contributed by atoms with van der Waals surface area (Å²) in [6.07, 6.45) is 0.653. The summed E-state index contributed by atoms with van der Waals surface area (Å²) in [5.74, 6) is 0.221. The monoisotopic (exact) mass is 249 g/mol. The molecule has 0 radical (unpaired) electrons. The van der Waals surface area contributed by atoms with E-state index in [-0.39, 0.29) is 5.75 Å². The Morgan fingerprint density at radius 2 is 1.56 bits per heavy atom. The second kappa shape index (κ2) is 4.27. The molecule has 1 aliphatic heterocycles. The van der Waals surface area contributed by atoms with Gasteiger partial charge in [0.05, 0.1) is 17.0 Å². The maximum absolute atomic E-state index is 12.0. The standard InChI is InChI=1S/C11H23NO3S/c1-6-7-16(13,14)12-8-10(2,3)15-11(4,5)9-12/h6-9H2,1-5H3. The molecule has 5 heteroatoms. The third kappa shape index (κ3) is 3.43. The average molecular weight is 249 g/mol. The van der Waals surface area contributed by atoms with Gasteiger partial charge in [-0.1, -0.05) is 6.92 Å². The second-order valence-corrected chi connectivity index (χ2v) is 7.79. The molecule has 0 aliphatic carbocycles. The van der Waals surface area contributed by atoms with Gasteiger partial charge in [0.25, 0.3) is 0 Å². The maximum Gasteiger partial charge on any atom is 0.214 e. The van der Waals surface area contributed by atoms with E-state index in [1.165, 1.54) is 0 Å². The summed E-state index contributed by atoms with van der Waals surface area (Å²) in [6, 6.07) is 0. The first-order valence-electron chi connectivity index (χ1n) is 5.76. The molecule has 0 unspecified atom stereocenters. The molecule has 1 fully saturated rings. The van der Waals surface area contributed by atoms with Crippen LogP contribution < -0.4 is 0 Å². The van der Waals surface area contributed by atoms with Crippen molar-refractivity contribution in [2.75, 3.05) is 18.8 Å². The number of nitrogens with zero attached hydrogens (tertiary/aromatic N) is 1. The van der Waals surface area contributed by atoms with Crippen molar-refractivity contribution in [2.24, 2.45) is 0 Å². The number of morpholine rings is 1. The van der Waals surface area contributed by atoms with Crippen LogP contribution in [-0.2, 0) is 14.8 Å². The van der Waals surface area contributed by atoms with E-state index in [4.69, 9.17) is 4.74 Å². The van der Waals surface area contributed by atoms with Crippen molar-refractivity contribution in [3.05, 3.63) is 0 Å². The molecule has 1 heterocycles. The molecule has 0 aromatic carbocycles. The first-order valence-corrected chi connectivity index (χ1v) is 7.37. The van der Waals surface area contributed by atoms with Crippen molar-refractivity contribution in [1.82, 2.24) is 4.31 Å². The topological polar surface area (TPSA) is 46.6 Å². The Labute approximate surface area is 99.0 Å². The van der Waals surface area contributed by atoms with Gasteiger partial charge in [-0.25, -0.2) is 8.42 Å². The summed E-state index contributed by atoms with van der Waals surface area (Å²) < 4.78 is 31.5. The van der Waals surface area contributed by atoms with Crippen LogP contribution in [0.1, 0.15) is 41.0 Å². The van der Waals surface area contributed by atoms with E-state index >= 15 is 0 Å². The number of sulfonamides is 1. The molecule has 1 rings (SSSR count). The van der Waals surface area contributed by atoms with Crippen LogP contribution in [-0.4, -0.2) is 42.8 Å². The van der Waals surface area contributed by atoms with E-state index in [9.17, 15) is 8.42 Å². The van der Waals surface area contributed by atoms with Crippen LogP contribution in [0.25, 0.3) is 0 Å². The van der Waals surface area contributed by atoms with E-state index < -0.39 is 21.2 Å². The molecule has 0 aromatic heterocycles. The predicted molar refractivity (Wildman–Crippen MR) is 64.9 cm³/mol. The first kappa shape index (κ1) is 13.9. The molecular weight excluding hydrogens is 226 g/mol. The van der Waals surface area contributed by atoms with Gasteiger partial charge in [-0.3, -0.25) is 0 Å². The van der Waals surface area contributed by atoms with Gasteiger partial charge >= 0.3 is 0 Å². The molecule has 16 heavy (non-hydrogen) atoms. The summed E-state index contributed by atoms with van der Waals surface area (Å²) in [7, 11) is -3.12. The summed E-state index contributed by atoms with van der Waals surface area (Å²) in [5.41, 5.74) is -0.828. The molecule has 0 amide bonds. The van der Waals surface area contributed by atoms with E-state index in [1.54, 1.807) is 4.31 Å². The van der Waals surface area contributed by atoms with Gasteiger partial charge in [0, 0.05) is 13.1 Å². The van der Waals surface area contributed by atoms with Crippen molar-refractivity contribution in [1.29, 1.82) is 0 Å². The predicted octanol–water partition coefficient (Wildman–Crippen LogP) is 1.62. The molecule has 0 N–H and O–H groups in total. The van der Waals surface area contributed by atoms with Crippen molar-refractivity contribution in [2.45, 2.75) is 52.2 Å². The van der Waals surface area contributed by atoms with Gasteiger partial charge in [-0.05, 0) is 34.1 Å². The lowest BCUT2D eigenvalue weighted by Crippen LogP contribution is -2.58. The first-order chi connectivity index (χ1) is 7.08. The highest BCUT2D eigenvalue weighted by atomic mass is 32.2. The highest BCUT2D eigenvalue weighted by Gasteiger charge is 2.42. The summed E-state index contributed by atoms with van der Waals surface area (Å²) in [6.45, 7) is 10.5. The van der Waals surface area contributed by atoms with Crippen LogP contribution >= 0.6 is 0 Å². The van der Waals surface area contributed by atoms with Crippen LogP contribution in [0.15, 0.2) is 0 Å². The Balaban J connectivity index is 2.91. The Morgan fingerprint density at radius 1 is 1.12 bits per heavy atom. The highest BCUT2D eigenvalue weighted by Crippen LogP contribution is 2.29. The van der Waals surface area contributed by atoms with E-state index in [0.29, 0.717) is 19.5 Å². The van der Waals surface area contributed by atoms with E-state index in [1.807, 2.05) is 34.6 Å². The molecule has 1 saturated heterocycles. The smallest absolute Gasteiger partial charge is 0.214 e. The number of hydrogen-bond donors (Lipinski definition) is 0. The fourth-order valence-corrected chi connectivity index (χ4v) is 4.09. The summed E-state index contributed by atoms with van der Waals surface area (Å²) in [4.78, 5) is 0. The number of hydrogen-bond acceptors (Lipinski definition) is 3. The molecule has 1 aliphatic rings. The second-order valence-electron chi connectivity index (χ2n) is 5.71. The zero-order chi connectivity index (χ0) is 12.6. The minimum Gasteiger partial charge on any atom is -0.367 e. The van der Waals surface area contributed by atoms with Gasteiger partial charge in [-0.15, -0.1) is 0 Å². The van der Waals surface area contributed by atoms with Gasteiger partial charge in [0.2, 0.25) is 10.0 Å². The fourth-order valence-electron chi connectivity index (χ4n) is 2.30. The van der Waals surface area contributed by atoms with E-state index in [0.717, 1.165) is 0 Å². The molecular formula is C11H23NO3S. The molecule has 0 spiro atoms.